The monoisotopic (exact) mass is 432 g/mol. The summed E-state index contributed by atoms with van der Waals surface area (Å²) in [6, 6.07) is 12.0. The van der Waals surface area contributed by atoms with Gasteiger partial charge in [-0.15, -0.1) is 0 Å². The molecule has 0 bridgehead atoms. The first-order chi connectivity index (χ1) is 12.5. The first-order valence-corrected chi connectivity index (χ1v) is 9.01. The molecule has 1 aliphatic rings. The predicted molar refractivity (Wildman–Crippen MR) is 104 cm³/mol. The van der Waals surface area contributed by atoms with Gasteiger partial charge in [0.15, 0.2) is 16.7 Å². The Hall–Kier alpha value is -2.58. The van der Waals surface area contributed by atoms with Crippen molar-refractivity contribution in [2.45, 2.75) is 0 Å². The zero-order valence-electron chi connectivity index (χ0n) is 13.6. The summed E-state index contributed by atoms with van der Waals surface area (Å²) in [7, 11) is 1.47. The third-order valence-corrected chi connectivity index (χ3v) is 4.79. The molecule has 0 atom stereocenters. The van der Waals surface area contributed by atoms with Crippen LogP contribution in [0.2, 0.25) is 0 Å². The number of rotatable bonds is 4. The van der Waals surface area contributed by atoms with Crippen molar-refractivity contribution in [3.8, 4) is 11.5 Å². The van der Waals surface area contributed by atoms with Gasteiger partial charge < -0.3 is 15.2 Å². The highest BCUT2D eigenvalue weighted by Crippen LogP contribution is 2.38. The van der Waals surface area contributed by atoms with E-state index in [2.05, 4.69) is 20.9 Å². The number of carbonyl (C=O) groups excluding carboxylic acids is 2. The fraction of sp³-hybridized carbons (Fsp3) is 0.0556. The van der Waals surface area contributed by atoms with Crippen LogP contribution in [0.5, 0.6) is 11.5 Å². The molecule has 0 fully saturated rings. The molecule has 1 amide bonds. The fourth-order valence-corrected chi connectivity index (χ4v) is 3.45. The van der Waals surface area contributed by atoms with Crippen LogP contribution in [0.15, 0.2) is 56.8 Å². The van der Waals surface area contributed by atoms with Crippen LogP contribution in [0.1, 0.15) is 15.9 Å². The van der Waals surface area contributed by atoms with E-state index in [4.69, 9.17) is 15.2 Å². The van der Waals surface area contributed by atoms with E-state index in [0.717, 1.165) is 11.8 Å². The Morgan fingerprint density at radius 2 is 2.00 bits per heavy atom. The Bertz CT molecular complexity index is 942. The van der Waals surface area contributed by atoms with Gasteiger partial charge in [-0.25, -0.2) is 4.79 Å². The largest absolute Gasteiger partial charge is 0.493 e. The highest BCUT2D eigenvalue weighted by molar-refractivity contribution is 9.10. The molecule has 0 aromatic heterocycles. The van der Waals surface area contributed by atoms with Crippen molar-refractivity contribution in [3.05, 3.63) is 63.0 Å². The van der Waals surface area contributed by atoms with Crippen molar-refractivity contribution in [2.75, 3.05) is 7.11 Å². The molecule has 0 radical (unpaired) electrons. The summed E-state index contributed by atoms with van der Waals surface area (Å²) in [5.74, 6) is -0.287. The van der Waals surface area contributed by atoms with Crippen molar-refractivity contribution in [2.24, 2.45) is 10.7 Å². The molecule has 2 aromatic carbocycles. The van der Waals surface area contributed by atoms with Crippen LogP contribution < -0.4 is 15.2 Å². The summed E-state index contributed by atoms with van der Waals surface area (Å²) in [5, 5.41) is 0.209. The van der Waals surface area contributed by atoms with E-state index in [-0.39, 0.29) is 16.8 Å². The second-order valence-electron chi connectivity index (χ2n) is 5.16. The highest BCUT2D eigenvalue weighted by atomic mass is 79.9. The number of amidine groups is 1. The zero-order valence-corrected chi connectivity index (χ0v) is 16.0. The summed E-state index contributed by atoms with van der Waals surface area (Å²) in [6.45, 7) is 0. The van der Waals surface area contributed by atoms with E-state index >= 15 is 0 Å². The number of ether oxygens (including phenoxy) is 2. The predicted octanol–water partition coefficient (Wildman–Crippen LogP) is 3.61. The molecule has 2 aromatic rings. The smallest absolute Gasteiger partial charge is 0.343 e. The van der Waals surface area contributed by atoms with Crippen LogP contribution in [0, 0.1) is 0 Å². The van der Waals surface area contributed by atoms with Crippen molar-refractivity contribution in [1.29, 1.82) is 0 Å². The second-order valence-corrected chi connectivity index (χ2v) is 7.07. The number of halogens is 1. The van der Waals surface area contributed by atoms with Crippen LogP contribution in [0.3, 0.4) is 0 Å². The summed E-state index contributed by atoms with van der Waals surface area (Å²) in [4.78, 5) is 28.1. The molecule has 2 N–H and O–H groups in total. The highest BCUT2D eigenvalue weighted by Gasteiger charge is 2.21. The van der Waals surface area contributed by atoms with Crippen LogP contribution in [0.25, 0.3) is 6.08 Å². The topological polar surface area (TPSA) is 91.0 Å². The first-order valence-electron chi connectivity index (χ1n) is 7.40. The molecule has 132 valence electrons. The Labute approximate surface area is 162 Å². The Morgan fingerprint density at radius 3 is 2.62 bits per heavy atom. The van der Waals surface area contributed by atoms with Gasteiger partial charge in [0.05, 0.1) is 22.1 Å². The standard InChI is InChI=1S/C18H13BrN2O4S/c1-24-13-8-10(9-14-16(22)21-18(20)26-14)7-12(19)15(13)25-17(23)11-5-3-2-4-6-11/h2-9H,1H3,(H2,20,21,22)/b14-9-. The van der Waals surface area contributed by atoms with E-state index in [1.807, 2.05) is 6.07 Å². The number of nitrogens with zero attached hydrogens (tertiary/aromatic N) is 1. The van der Waals surface area contributed by atoms with Crippen molar-refractivity contribution >= 4 is 50.8 Å². The van der Waals surface area contributed by atoms with Gasteiger partial charge in [0, 0.05) is 0 Å². The van der Waals surface area contributed by atoms with Gasteiger partial charge in [-0.1, -0.05) is 18.2 Å². The number of aliphatic imine (C=N–C) groups is 1. The molecule has 6 nitrogen and oxygen atoms in total. The average molecular weight is 433 g/mol. The zero-order chi connectivity index (χ0) is 18.7. The van der Waals surface area contributed by atoms with Crippen molar-refractivity contribution < 1.29 is 19.1 Å². The van der Waals surface area contributed by atoms with Gasteiger partial charge in [-0.2, -0.15) is 4.99 Å². The molecular formula is C18H13BrN2O4S. The maximum Gasteiger partial charge on any atom is 0.343 e. The third kappa shape index (κ3) is 3.97. The minimum Gasteiger partial charge on any atom is -0.493 e. The van der Waals surface area contributed by atoms with E-state index in [0.29, 0.717) is 26.3 Å². The van der Waals surface area contributed by atoms with Gasteiger partial charge in [0.2, 0.25) is 0 Å². The van der Waals surface area contributed by atoms with Crippen LogP contribution in [0.4, 0.5) is 0 Å². The molecule has 8 heteroatoms. The van der Waals surface area contributed by atoms with Crippen LogP contribution in [-0.4, -0.2) is 24.2 Å². The molecule has 26 heavy (non-hydrogen) atoms. The van der Waals surface area contributed by atoms with Gasteiger partial charge in [0.25, 0.3) is 5.91 Å². The molecule has 0 aliphatic carbocycles. The minimum atomic E-state index is -0.501. The minimum absolute atomic E-state index is 0.209. The average Bonchev–Trinajstić information content (AvgIpc) is 2.94. The summed E-state index contributed by atoms with van der Waals surface area (Å²) >= 11 is 4.48. The van der Waals surface area contributed by atoms with Gasteiger partial charge in [-0.05, 0) is 63.6 Å². The number of methoxy groups -OCH3 is 1. The van der Waals surface area contributed by atoms with Crippen LogP contribution in [-0.2, 0) is 4.79 Å². The van der Waals surface area contributed by atoms with E-state index in [1.165, 1.54) is 7.11 Å². The number of nitrogens with two attached hydrogens (primary N) is 1. The van der Waals surface area contributed by atoms with Gasteiger partial charge in [0.1, 0.15) is 0 Å². The lowest BCUT2D eigenvalue weighted by molar-refractivity contribution is -0.113. The number of thioether (sulfide) groups is 1. The molecule has 0 spiro atoms. The lowest BCUT2D eigenvalue weighted by Crippen LogP contribution is -2.09. The maximum atomic E-state index is 12.3. The number of esters is 1. The number of hydrogen-bond acceptors (Lipinski definition) is 6. The second kappa shape index (κ2) is 7.76. The number of hydrogen-bond donors (Lipinski definition) is 1. The van der Waals surface area contributed by atoms with E-state index in [1.54, 1.807) is 42.5 Å². The molecule has 0 saturated carbocycles. The Kier molecular flexibility index (Phi) is 5.43. The van der Waals surface area contributed by atoms with Crippen molar-refractivity contribution in [1.82, 2.24) is 0 Å². The maximum absolute atomic E-state index is 12.3. The summed E-state index contributed by atoms with van der Waals surface area (Å²) < 4.78 is 11.3. The molecule has 0 saturated heterocycles. The fourth-order valence-electron chi connectivity index (χ4n) is 2.22. The van der Waals surface area contributed by atoms with Gasteiger partial charge in [-0.3, -0.25) is 4.79 Å². The van der Waals surface area contributed by atoms with E-state index in [9.17, 15) is 9.59 Å². The molecular weight excluding hydrogens is 420 g/mol. The molecule has 0 unspecified atom stereocenters. The van der Waals surface area contributed by atoms with Crippen molar-refractivity contribution in [3.63, 3.8) is 0 Å². The van der Waals surface area contributed by atoms with Crippen LogP contribution >= 0.6 is 27.7 Å². The Morgan fingerprint density at radius 1 is 1.27 bits per heavy atom. The Balaban J connectivity index is 1.90. The summed E-state index contributed by atoms with van der Waals surface area (Å²) in [5.41, 5.74) is 6.65. The quantitative estimate of drug-likeness (QED) is 0.450. The molecule has 1 aliphatic heterocycles. The normalized spacial score (nSPS) is 15.1. The number of amides is 1. The third-order valence-electron chi connectivity index (χ3n) is 3.39. The number of benzene rings is 2. The van der Waals surface area contributed by atoms with Gasteiger partial charge >= 0.3 is 5.97 Å². The lowest BCUT2D eigenvalue weighted by atomic mass is 10.1. The first kappa shape index (κ1) is 18.2. The van der Waals surface area contributed by atoms with E-state index < -0.39 is 5.97 Å². The summed E-state index contributed by atoms with van der Waals surface area (Å²) in [6.07, 6.45) is 1.65. The SMILES string of the molecule is COc1cc(/C=C2\SC(N)=NC2=O)cc(Br)c1OC(=O)c1ccccc1. The lowest BCUT2D eigenvalue weighted by Gasteiger charge is -2.12. The molecule has 3 rings (SSSR count). The number of carbonyl (C=O) groups is 2. The molecule has 1 heterocycles.